The monoisotopic (exact) mass is 277 g/mol. The van der Waals surface area contributed by atoms with Crippen LogP contribution in [0.15, 0.2) is 24.3 Å². The van der Waals surface area contributed by atoms with E-state index >= 15 is 0 Å². The van der Waals surface area contributed by atoms with Crippen LogP contribution in [0.3, 0.4) is 0 Å². The van der Waals surface area contributed by atoms with E-state index in [1.165, 1.54) is 5.06 Å². The summed E-state index contributed by atoms with van der Waals surface area (Å²) in [6, 6.07) is 7.55. The second-order valence-corrected chi connectivity index (χ2v) is 5.48. The number of ether oxygens (including phenoxy) is 1. The van der Waals surface area contributed by atoms with Crippen molar-refractivity contribution < 1.29 is 14.4 Å². The fourth-order valence-corrected chi connectivity index (χ4v) is 2.13. The van der Waals surface area contributed by atoms with Crippen LogP contribution in [0.2, 0.25) is 0 Å². The molecule has 1 aliphatic rings. The van der Waals surface area contributed by atoms with E-state index in [0.29, 0.717) is 24.7 Å². The first kappa shape index (κ1) is 15.0. The van der Waals surface area contributed by atoms with Crippen molar-refractivity contribution in [3.8, 4) is 0 Å². The summed E-state index contributed by atoms with van der Waals surface area (Å²) >= 11 is 0. The fraction of sp³-hybridized carbons (Fsp3) is 0.562. The number of nitrogens with zero attached hydrogens (tertiary/aromatic N) is 1. The second-order valence-electron chi connectivity index (χ2n) is 5.48. The topological polar surface area (TPSA) is 38.8 Å². The summed E-state index contributed by atoms with van der Waals surface area (Å²) in [5.41, 5.74) is 1.58. The van der Waals surface area contributed by atoms with Crippen LogP contribution in [0, 0.1) is 5.92 Å². The van der Waals surface area contributed by atoms with Crippen molar-refractivity contribution in [3.63, 3.8) is 0 Å². The molecule has 1 aromatic carbocycles. The fourth-order valence-electron chi connectivity index (χ4n) is 2.13. The minimum atomic E-state index is -0.419. The summed E-state index contributed by atoms with van der Waals surface area (Å²) in [7, 11) is 0. The van der Waals surface area contributed by atoms with Crippen molar-refractivity contribution in [2.75, 3.05) is 13.2 Å². The van der Waals surface area contributed by atoms with Crippen LogP contribution in [0.25, 0.3) is 0 Å². The molecule has 4 nitrogen and oxygen atoms in total. The van der Waals surface area contributed by atoms with Gasteiger partial charge in [0.2, 0.25) is 0 Å². The summed E-state index contributed by atoms with van der Waals surface area (Å²) < 4.78 is 5.88. The van der Waals surface area contributed by atoms with Gasteiger partial charge in [-0.05, 0) is 18.4 Å². The first-order chi connectivity index (χ1) is 9.65. The summed E-state index contributed by atoms with van der Waals surface area (Å²) in [6.45, 7) is 7.41. The molecule has 0 saturated carbocycles. The van der Waals surface area contributed by atoms with E-state index in [0.717, 1.165) is 18.4 Å². The predicted octanol–water partition coefficient (Wildman–Crippen LogP) is 3.55. The van der Waals surface area contributed by atoms with E-state index in [1.807, 2.05) is 24.3 Å². The van der Waals surface area contributed by atoms with Gasteiger partial charge >= 0.3 is 0 Å². The van der Waals surface area contributed by atoms with Gasteiger partial charge in [0.05, 0.1) is 13.2 Å². The number of hydrogen-bond donors (Lipinski definition) is 0. The van der Waals surface area contributed by atoms with Gasteiger partial charge in [0.25, 0.3) is 5.91 Å². The lowest BCUT2D eigenvalue weighted by molar-refractivity contribution is -0.218. The Morgan fingerprint density at radius 3 is 2.75 bits per heavy atom. The third-order valence-electron chi connectivity index (χ3n) is 3.19. The zero-order valence-electron chi connectivity index (χ0n) is 12.5. The maximum absolute atomic E-state index is 12.4. The summed E-state index contributed by atoms with van der Waals surface area (Å²) in [5.74, 6) is 0.306. The molecule has 0 aromatic heterocycles. The van der Waals surface area contributed by atoms with Crippen LogP contribution in [0.1, 0.15) is 55.8 Å². The SMILES string of the molecule is CCCCON1C(=O)c2ccccc2C1OCC(C)C. The first-order valence-corrected chi connectivity index (χ1v) is 7.32. The normalized spacial score (nSPS) is 17.9. The average Bonchev–Trinajstić information content (AvgIpc) is 2.70. The molecule has 0 aliphatic carbocycles. The molecule has 0 bridgehead atoms. The lowest BCUT2D eigenvalue weighted by atomic mass is 10.1. The highest BCUT2D eigenvalue weighted by atomic mass is 16.7. The van der Waals surface area contributed by atoms with Crippen LogP contribution in [-0.2, 0) is 9.57 Å². The number of hydroxylamine groups is 2. The number of benzene rings is 1. The Morgan fingerprint density at radius 2 is 2.05 bits per heavy atom. The molecule has 4 heteroatoms. The summed E-state index contributed by atoms with van der Waals surface area (Å²) in [4.78, 5) is 18.0. The molecule has 1 unspecified atom stereocenters. The Kier molecular flexibility index (Phi) is 5.15. The van der Waals surface area contributed by atoms with Crippen molar-refractivity contribution >= 4 is 5.91 Å². The minimum Gasteiger partial charge on any atom is -0.351 e. The van der Waals surface area contributed by atoms with E-state index in [4.69, 9.17) is 9.57 Å². The second kappa shape index (κ2) is 6.86. The lowest BCUT2D eigenvalue weighted by Gasteiger charge is -2.25. The van der Waals surface area contributed by atoms with Crippen LogP contribution < -0.4 is 0 Å². The van der Waals surface area contributed by atoms with Gasteiger partial charge in [-0.15, -0.1) is 0 Å². The molecule has 0 saturated heterocycles. The Hall–Kier alpha value is -1.39. The summed E-state index contributed by atoms with van der Waals surface area (Å²) in [6.07, 6.45) is 1.54. The average molecular weight is 277 g/mol. The molecule has 0 N–H and O–H groups in total. The van der Waals surface area contributed by atoms with Gasteiger partial charge in [-0.2, -0.15) is 5.06 Å². The molecule has 1 aromatic rings. The maximum atomic E-state index is 12.4. The van der Waals surface area contributed by atoms with Gasteiger partial charge in [-0.1, -0.05) is 45.4 Å². The number of unbranched alkanes of at least 4 members (excludes halogenated alkanes) is 1. The number of rotatable bonds is 7. The number of fused-ring (bicyclic) bond motifs is 1. The third-order valence-corrected chi connectivity index (χ3v) is 3.19. The predicted molar refractivity (Wildman–Crippen MR) is 77.0 cm³/mol. The molecule has 1 atom stereocenters. The third kappa shape index (κ3) is 3.19. The zero-order chi connectivity index (χ0) is 14.5. The zero-order valence-corrected chi connectivity index (χ0v) is 12.5. The molecule has 2 rings (SSSR count). The van der Waals surface area contributed by atoms with Crippen molar-refractivity contribution in [1.29, 1.82) is 0 Å². The highest BCUT2D eigenvalue weighted by Gasteiger charge is 2.38. The molecule has 0 spiro atoms. The highest BCUT2D eigenvalue weighted by molar-refractivity contribution is 5.98. The molecule has 20 heavy (non-hydrogen) atoms. The van der Waals surface area contributed by atoms with Gasteiger partial charge in [0.1, 0.15) is 0 Å². The minimum absolute atomic E-state index is 0.106. The van der Waals surface area contributed by atoms with E-state index in [1.54, 1.807) is 0 Å². The number of carbonyl (C=O) groups is 1. The van der Waals surface area contributed by atoms with Gasteiger partial charge in [0, 0.05) is 11.1 Å². The first-order valence-electron chi connectivity index (χ1n) is 7.32. The lowest BCUT2D eigenvalue weighted by Crippen LogP contribution is -2.31. The number of amides is 1. The Balaban J connectivity index is 2.14. The van der Waals surface area contributed by atoms with Crippen molar-refractivity contribution in [2.24, 2.45) is 5.92 Å². The molecule has 0 radical (unpaired) electrons. The highest BCUT2D eigenvalue weighted by Crippen LogP contribution is 2.34. The molecule has 1 heterocycles. The van der Waals surface area contributed by atoms with E-state index < -0.39 is 6.23 Å². The number of carbonyl (C=O) groups excluding carboxylic acids is 1. The van der Waals surface area contributed by atoms with Crippen LogP contribution in [0.4, 0.5) is 0 Å². The van der Waals surface area contributed by atoms with Gasteiger partial charge in [-0.25, -0.2) is 0 Å². The van der Waals surface area contributed by atoms with Crippen LogP contribution in [0.5, 0.6) is 0 Å². The largest absolute Gasteiger partial charge is 0.351 e. The van der Waals surface area contributed by atoms with Crippen LogP contribution >= 0.6 is 0 Å². The van der Waals surface area contributed by atoms with Crippen molar-refractivity contribution in [3.05, 3.63) is 35.4 Å². The molecule has 0 fully saturated rings. The van der Waals surface area contributed by atoms with Crippen molar-refractivity contribution in [2.45, 2.75) is 39.8 Å². The van der Waals surface area contributed by atoms with Gasteiger partial charge < -0.3 is 4.74 Å². The summed E-state index contributed by atoms with van der Waals surface area (Å²) in [5, 5.41) is 1.39. The van der Waals surface area contributed by atoms with E-state index in [9.17, 15) is 4.79 Å². The Bertz CT molecular complexity index is 459. The van der Waals surface area contributed by atoms with Crippen LogP contribution in [-0.4, -0.2) is 24.2 Å². The maximum Gasteiger partial charge on any atom is 0.280 e. The standard InChI is InChI=1S/C16H23NO3/c1-4-5-10-20-17-15(18)13-8-6-7-9-14(13)16(17)19-11-12(2)3/h6-9,12,16H,4-5,10-11H2,1-3H3. The quantitative estimate of drug-likeness (QED) is 0.715. The Labute approximate surface area is 120 Å². The molecular formula is C16H23NO3. The van der Waals surface area contributed by atoms with E-state index in [-0.39, 0.29) is 5.91 Å². The molecule has 1 amide bonds. The Morgan fingerprint density at radius 1 is 1.30 bits per heavy atom. The van der Waals surface area contributed by atoms with Gasteiger partial charge in [-0.3, -0.25) is 9.63 Å². The van der Waals surface area contributed by atoms with Gasteiger partial charge in [0.15, 0.2) is 6.23 Å². The van der Waals surface area contributed by atoms with Crippen molar-refractivity contribution in [1.82, 2.24) is 5.06 Å². The molecular weight excluding hydrogens is 254 g/mol. The molecule has 1 aliphatic heterocycles. The molecule has 110 valence electrons. The smallest absolute Gasteiger partial charge is 0.280 e. The van der Waals surface area contributed by atoms with E-state index in [2.05, 4.69) is 20.8 Å². The number of hydrogen-bond acceptors (Lipinski definition) is 3.